The Morgan fingerprint density at radius 1 is 0.500 bits per heavy atom. The molecule has 2 nitrogen and oxygen atoms in total. The van der Waals surface area contributed by atoms with Crippen molar-refractivity contribution in [3.05, 3.63) is 108 Å². The molecule has 0 aromatic heterocycles. The molecule has 4 aromatic rings. The molecule has 4 aromatic carbocycles. The summed E-state index contributed by atoms with van der Waals surface area (Å²) in [6.07, 6.45) is 14.2. The summed E-state index contributed by atoms with van der Waals surface area (Å²) in [4.78, 5) is 0. The van der Waals surface area contributed by atoms with Gasteiger partial charge in [0.15, 0.2) is 0 Å². The lowest BCUT2D eigenvalue weighted by Crippen LogP contribution is -2.11. The molecule has 0 aliphatic heterocycles. The molecular weight excluding hydrogens is 536 g/mol. The van der Waals surface area contributed by atoms with Gasteiger partial charge in [-0.15, -0.1) is 0 Å². The van der Waals surface area contributed by atoms with Crippen LogP contribution >= 0.6 is 0 Å². The molecule has 0 radical (unpaired) electrons. The minimum absolute atomic E-state index is 0.621. The van der Waals surface area contributed by atoms with Crippen LogP contribution in [0.5, 0.6) is 11.5 Å². The highest BCUT2D eigenvalue weighted by Gasteiger charge is 2.10. The lowest BCUT2D eigenvalue weighted by Gasteiger charge is -2.16. The van der Waals surface area contributed by atoms with Gasteiger partial charge in [-0.2, -0.15) is 0 Å². The van der Waals surface area contributed by atoms with Crippen LogP contribution in [0.1, 0.15) is 90.2 Å². The van der Waals surface area contributed by atoms with Gasteiger partial charge >= 0.3 is 0 Å². The monoisotopic (exact) mass is 588 g/mol. The molecule has 0 heterocycles. The van der Waals surface area contributed by atoms with E-state index in [1.165, 1.54) is 71.9 Å². The molecule has 0 fully saturated rings. The Morgan fingerprint density at radius 2 is 0.955 bits per heavy atom. The second-order valence-corrected chi connectivity index (χ2v) is 12.1. The molecule has 0 N–H and O–H groups in total. The highest BCUT2D eigenvalue weighted by atomic mass is 16.5. The van der Waals surface area contributed by atoms with Crippen molar-refractivity contribution in [2.75, 3.05) is 13.2 Å². The summed E-state index contributed by atoms with van der Waals surface area (Å²) in [5.74, 6) is 3.13. The second-order valence-electron chi connectivity index (χ2n) is 12.1. The van der Waals surface area contributed by atoms with Crippen molar-refractivity contribution in [3.63, 3.8) is 0 Å². The van der Waals surface area contributed by atoms with Gasteiger partial charge in [-0.05, 0) is 101 Å². The van der Waals surface area contributed by atoms with E-state index in [9.17, 15) is 0 Å². The molecule has 0 bridgehead atoms. The zero-order valence-electron chi connectivity index (χ0n) is 27.4. The van der Waals surface area contributed by atoms with Crippen LogP contribution in [0, 0.1) is 11.8 Å². The van der Waals surface area contributed by atoms with Crippen molar-refractivity contribution < 1.29 is 9.47 Å². The number of unbranched alkanes of at least 4 members (excludes halogenated alkanes) is 2. The maximum absolute atomic E-state index is 6.20. The standard InChI is InChI=1S/C42H52O2/c1-5-9-14-33(7-3)31-43-41-24-20-37(21-25-41)39-28-36(19-18-35-16-12-11-13-17-35)29-40(30-39)38-22-26-42(27-23-38)44-32-34(8-4)15-10-6-2/h11-13,16-30,33-34H,5-10,14-15,31-32H2,1-4H3/b19-18+. The first kappa shape index (κ1) is 33.1. The largest absolute Gasteiger partial charge is 0.493 e. The lowest BCUT2D eigenvalue weighted by atomic mass is 9.95. The zero-order valence-corrected chi connectivity index (χ0v) is 27.4. The van der Waals surface area contributed by atoms with Gasteiger partial charge in [-0.25, -0.2) is 0 Å². The fourth-order valence-electron chi connectivity index (χ4n) is 5.55. The summed E-state index contributed by atoms with van der Waals surface area (Å²) in [6.45, 7) is 10.6. The maximum Gasteiger partial charge on any atom is 0.119 e. The Morgan fingerprint density at radius 3 is 1.39 bits per heavy atom. The Kier molecular flexibility index (Phi) is 13.6. The van der Waals surface area contributed by atoms with Crippen molar-refractivity contribution in [1.29, 1.82) is 0 Å². The van der Waals surface area contributed by atoms with Crippen molar-refractivity contribution >= 4 is 12.2 Å². The number of ether oxygens (including phenoxy) is 2. The molecule has 2 unspecified atom stereocenters. The normalized spacial score (nSPS) is 12.7. The van der Waals surface area contributed by atoms with Gasteiger partial charge in [0.2, 0.25) is 0 Å². The highest BCUT2D eigenvalue weighted by Crippen LogP contribution is 2.32. The second kappa shape index (κ2) is 18.1. The zero-order chi connectivity index (χ0) is 31.0. The third kappa shape index (κ3) is 10.4. The summed E-state index contributed by atoms with van der Waals surface area (Å²) < 4.78 is 12.4. The minimum Gasteiger partial charge on any atom is -0.493 e. The van der Waals surface area contributed by atoms with E-state index in [2.05, 4.69) is 137 Å². The Bertz CT molecular complexity index is 1300. The van der Waals surface area contributed by atoms with Gasteiger partial charge in [0, 0.05) is 0 Å². The molecule has 0 aliphatic carbocycles. The van der Waals surface area contributed by atoms with Crippen LogP contribution in [0.4, 0.5) is 0 Å². The molecule has 0 saturated heterocycles. The molecule has 2 heteroatoms. The van der Waals surface area contributed by atoms with Crippen LogP contribution in [-0.4, -0.2) is 13.2 Å². The van der Waals surface area contributed by atoms with Crippen LogP contribution in [0.3, 0.4) is 0 Å². The summed E-state index contributed by atoms with van der Waals surface area (Å²) >= 11 is 0. The Labute approximate surface area is 267 Å². The average molecular weight is 589 g/mol. The third-order valence-electron chi connectivity index (χ3n) is 8.66. The van der Waals surface area contributed by atoms with Gasteiger partial charge in [-0.3, -0.25) is 0 Å². The first-order valence-electron chi connectivity index (χ1n) is 17.0. The Balaban J connectivity index is 1.54. The smallest absolute Gasteiger partial charge is 0.119 e. The van der Waals surface area contributed by atoms with E-state index in [0.29, 0.717) is 11.8 Å². The molecule has 0 saturated carbocycles. The van der Waals surface area contributed by atoms with E-state index in [4.69, 9.17) is 9.47 Å². The minimum atomic E-state index is 0.621. The quantitative estimate of drug-likeness (QED) is 0.108. The Hall–Kier alpha value is -3.78. The average Bonchev–Trinajstić information content (AvgIpc) is 3.08. The predicted molar refractivity (Wildman–Crippen MR) is 190 cm³/mol. The van der Waals surface area contributed by atoms with Gasteiger partial charge in [0.05, 0.1) is 13.2 Å². The number of benzene rings is 4. The topological polar surface area (TPSA) is 18.5 Å². The summed E-state index contributed by atoms with van der Waals surface area (Å²) in [5, 5.41) is 0. The molecule has 232 valence electrons. The fourth-order valence-corrected chi connectivity index (χ4v) is 5.55. The van der Waals surface area contributed by atoms with Crippen molar-refractivity contribution in [2.45, 2.75) is 79.1 Å². The first-order chi connectivity index (χ1) is 21.6. The molecular formula is C42H52O2. The van der Waals surface area contributed by atoms with Gasteiger partial charge < -0.3 is 9.47 Å². The number of hydrogen-bond acceptors (Lipinski definition) is 2. The molecule has 2 atom stereocenters. The van der Waals surface area contributed by atoms with Crippen LogP contribution in [0.15, 0.2) is 97.1 Å². The lowest BCUT2D eigenvalue weighted by molar-refractivity contribution is 0.233. The maximum atomic E-state index is 6.20. The van der Waals surface area contributed by atoms with E-state index in [-0.39, 0.29) is 0 Å². The van der Waals surface area contributed by atoms with E-state index in [1.54, 1.807) is 0 Å². The molecule has 0 spiro atoms. The molecule has 0 amide bonds. The van der Waals surface area contributed by atoms with Crippen LogP contribution in [0.2, 0.25) is 0 Å². The summed E-state index contributed by atoms with van der Waals surface area (Å²) in [5.41, 5.74) is 7.12. The van der Waals surface area contributed by atoms with Crippen molar-refractivity contribution in [3.8, 4) is 33.8 Å². The summed E-state index contributed by atoms with van der Waals surface area (Å²) in [7, 11) is 0. The van der Waals surface area contributed by atoms with Gasteiger partial charge in [0.25, 0.3) is 0 Å². The number of rotatable bonds is 18. The SMILES string of the molecule is CCCCC(CC)COc1ccc(-c2cc(/C=C/c3ccccc3)cc(-c3ccc(OCC(CC)CCCC)cc3)c2)cc1. The molecule has 0 aliphatic rings. The predicted octanol–water partition coefficient (Wildman–Crippen LogP) is 12.4. The van der Waals surface area contributed by atoms with E-state index in [0.717, 1.165) is 37.6 Å². The van der Waals surface area contributed by atoms with E-state index >= 15 is 0 Å². The molecule has 4 rings (SSSR count). The molecule has 44 heavy (non-hydrogen) atoms. The van der Waals surface area contributed by atoms with E-state index < -0.39 is 0 Å². The fraction of sp³-hybridized carbons (Fsp3) is 0.381. The van der Waals surface area contributed by atoms with Gasteiger partial charge in [0.1, 0.15) is 11.5 Å². The van der Waals surface area contributed by atoms with E-state index in [1.807, 2.05) is 0 Å². The van der Waals surface area contributed by atoms with Crippen molar-refractivity contribution in [1.82, 2.24) is 0 Å². The third-order valence-corrected chi connectivity index (χ3v) is 8.66. The van der Waals surface area contributed by atoms with Crippen LogP contribution in [-0.2, 0) is 0 Å². The van der Waals surface area contributed by atoms with Crippen LogP contribution < -0.4 is 9.47 Å². The highest BCUT2D eigenvalue weighted by molar-refractivity contribution is 5.80. The van der Waals surface area contributed by atoms with Crippen LogP contribution in [0.25, 0.3) is 34.4 Å². The first-order valence-corrected chi connectivity index (χ1v) is 17.0. The van der Waals surface area contributed by atoms with Gasteiger partial charge in [-0.1, -0.05) is 133 Å². The summed E-state index contributed by atoms with van der Waals surface area (Å²) in [6, 6.07) is 34.5. The number of hydrogen-bond donors (Lipinski definition) is 0. The van der Waals surface area contributed by atoms with Crippen molar-refractivity contribution in [2.24, 2.45) is 11.8 Å².